The molecule has 0 bridgehead atoms. The number of anilines is 1. The Morgan fingerprint density at radius 3 is 2.33 bits per heavy atom. The van der Waals surface area contributed by atoms with Crippen molar-refractivity contribution in [1.82, 2.24) is 28.9 Å². The number of nitrogens with one attached hydrogen (secondary N) is 1. The summed E-state index contributed by atoms with van der Waals surface area (Å²) in [4.78, 5) is 8.71. The molecule has 14 heteroatoms. The topological polar surface area (TPSA) is 105 Å². The number of halogens is 3. The summed E-state index contributed by atoms with van der Waals surface area (Å²) in [6.45, 7) is 4.69. The van der Waals surface area contributed by atoms with Crippen molar-refractivity contribution in [2.24, 2.45) is 0 Å². The molecule has 206 valence electrons. The second kappa shape index (κ2) is 10.7. The smallest absolute Gasteiger partial charge is 0.367 e. The van der Waals surface area contributed by atoms with Crippen molar-refractivity contribution >= 4 is 33.3 Å². The molecule has 9 nitrogen and oxygen atoms in total. The van der Waals surface area contributed by atoms with Gasteiger partial charge in [0.1, 0.15) is 11.6 Å². The molecule has 1 aliphatic rings. The Hall–Kier alpha value is -3.23. The highest BCUT2D eigenvalue weighted by Gasteiger charge is 2.31. The standard InChI is InChI=1S/C25H26F3N7O2S2/c1-16(2)24-33-32-23-14-29-21(15-35(23)24)17-3-6-20(7-4-17)39(36,37)34-11-9-18(10-12-34)31-22-8-5-19(13-30-22)38-25(26,27)28/h3-8,13-16,18H,9-12H2,1-2H3,(H,30,31). The van der Waals surface area contributed by atoms with E-state index in [1.165, 1.54) is 22.6 Å². The number of thioether (sulfide) groups is 1. The highest BCUT2D eigenvalue weighted by Crippen LogP contribution is 2.36. The fourth-order valence-electron chi connectivity index (χ4n) is 4.42. The summed E-state index contributed by atoms with van der Waals surface area (Å²) in [5.74, 6) is 1.46. The molecule has 0 atom stereocenters. The minimum absolute atomic E-state index is 0.00959. The van der Waals surface area contributed by atoms with Crippen molar-refractivity contribution in [2.45, 2.75) is 53.9 Å². The molecule has 0 unspecified atom stereocenters. The van der Waals surface area contributed by atoms with E-state index in [1.54, 1.807) is 30.5 Å². The van der Waals surface area contributed by atoms with Crippen molar-refractivity contribution in [2.75, 3.05) is 18.4 Å². The van der Waals surface area contributed by atoms with Crippen LogP contribution in [0.25, 0.3) is 16.9 Å². The first-order valence-electron chi connectivity index (χ1n) is 12.3. The average molecular weight is 578 g/mol. The summed E-state index contributed by atoms with van der Waals surface area (Å²) >= 11 is -0.215. The molecule has 0 saturated carbocycles. The Kier molecular flexibility index (Phi) is 7.53. The van der Waals surface area contributed by atoms with Gasteiger partial charge in [-0.05, 0) is 48.9 Å². The second-order valence-corrected chi connectivity index (χ2v) is 12.6. The molecule has 1 aliphatic heterocycles. The molecule has 3 aromatic heterocycles. The van der Waals surface area contributed by atoms with E-state index in [1.807, 2.05) is 24.4 Å². The zero-order chi connectivity index (χ0) is 27.8. The van der Waals surface area contributed by atoms with Gasteiger partial charge < -0.3 is 5.32 Å². The number of rotatable bonds is 7. The van der Waals surface area contributed by atoms with Crippen LogP contribution in [0.3, 0.4) is 0 Å². The van der Waals surface area contributed by atoms with Gasteiger partial charge in [-0.2, -0.15) is 17.5 Å². The zero-order valence-corrected chi connectivity index (χ0v) is 22.8. The van der Waals surface area contributed by atoms with Gasteiger partial charge in [0, 0.05) is 47.9 Å². The molecule has 1 aromatic carbocycles. The van der Waals surface area contributed by atoms with Gasteiger partial charge in [-0.15, -0.1) is 10.2 Å². The van der Waals surface area contributed by atoms with E-state index in [2.05, 4.69) is 25.5 Å². The SMILES string of the molecule is CC(C)c1nnc2cnc(-c3ccc(S(=O)(=O)N4CCC(Nc5ccc(SC(F)(F)F)cn5)CC4)cc3)cn12. The van der Waals surface area contributed by atoms with E-state index < -0.39 is 15.5 Å². The summed E-state index contributed by atoms with van der Waals surface area (Å²) < 4.78 is 67.4. The maximum absolute atomic E-state index is 13.3. The molecule has 4 aromatic rings. The van der Waals surface area contributed by atoms with Crippen molar-refractivity contribution in [3.05, 3.63) is 60.8 Å². The first-order chi connectivity index (χ1) is 18.5. The van der Waals surface area contributed by atoms with Gasteiger partial charge in [0.15, 0.2) is 5.65 Å². The van der Waals surface area contributed by atoms with Crippen LogP contribution >= 0.6 is 11.8 Å². The van der Waals surface area contributed by atoms with Gasteiger partial charge >= 0.3 is 5.51 Å². The van der Waals surface area contributed by atoms with E-state index in [9.17, 15) is 21.6 Å². The zero-order valence-electron chi connectivity index (χ0n) is 21.1. The van der Waals surface area contributed by atoms with E-state index in [0.717, 1.165) is 11.4 Å². The predicted octanol–water partition coefficient (Wildman–Crippen LogP) is 5.19. The quantitative estimate of drug-likeness (QED) is 0.300. The van der Waals surface area contributed by atoms with Gasteiger partial charge in [-0.3, -0.25) is 9.38 Å². The van der Waals surface area contributed by atoms with Crippen LogP contribution in [0.4, 0.5) is 19.0 Å². The van der Waals surface area contributed by atoms with Gasteiger partial charge in [0.25, 0.3) is 0 Å². The normalized spacial score (nSPS) is 15.7. The van der Waals surface area contributed by atoms with Gasteiger partial charge in [-0.1, -0.05) is 26.0 Å². The Balaban J connectivity index is 1.22. The Morgan fingerprint density at radius 2 is 1.72 bits per heavy atom. The van der Waals surface area contributed by atoms with Crippen molar-refractivity contribution in [1.29, 1.82) is 0 Å². The summed E-state index contributed by atoms with van der Waals surface area (Å²) in [7, 11) is -3.69. The Bertz CT molecular complexity index is 1550. The Labute approximate surface area is 227 Å². The molecular weight excluding hydrogens is 551 g/mol. The molecule has 0 amide bonds. The second-order valence-electron chi connectivity index (χ2n) is 9.49. The third kappa shape index (κ3) is 6.17. The molecule has 0 aliphatic carbocycles. The first-order valence-corrected chi connectivity index (χ1v) is 14.5. The number of fused-ring (bicyclic) bond motifs is 1. The maximum Gasteiger partial charge on any atom is 0.446 e. The number of piperidine rings is 1. The number of sulfonamides is 1. The number of nitrogens with zero attached hydrogens (tertiary/aromatic N) is 6. The third-order valence-electron chi connectivity index (χ3n) is 6.40. The van der Waals surface area contributed by atoms with Crippen LogP contribution < -0.4 is 5.32 Å². The molecule has 1 saturated heterocycles. The van der Waals surface area contributed by atoms with Crippen LogP contribution in [0.1, 0.15) is 38.4 Å². The molecule has 4 heterocycles. The lowest BCUT2D eigenvalue weighted by molar-refractivity contribution is -0.0328. The predicted molar refractivity (Wildman–Crippen MR) is 142 cm³/mol. The molecule has 1 N–H and O–H groups in total. The minimum atomic E-state index is -4.36. The lowest BCUT2D eigenvalue weighted by Gasteiger charge is -2.32. The lowest BCUT2D eigenvalue weighted by atomic mass is 10.1. The number of benzene rings is 1. The van der Waals surface area contributed by atoms with Gasteiger partial charge in [-0.25, -0.2) is 13.4 Å². The summed E-state index contributed by atoms with van der Waals surface area (Å²) in [5, 5.41) is 11.5. The van der Waals surface area contributed by atoms with Crippen LogP contribution in [-0.4, -0.2) is 61.9 Å². The monoisotopic (exact) mass is 577 g/mol. The average Bonchev–Trinajstić information content (AvgIpc) is 3.33. The fourth-order valence-corrected chi connectivity index (χ4v) is 6.40. The summed E-state index contributed by atoms with van der Waals surface area (Å²) in [5.41, 5.74) is -2.27. The van der Waals surface area contributed by atoms with Gasteiger partial charge in [0.05, 0.1) is 16.8 Å². The summed E-state index contributed by atoms with van der Waals surface area (Å²) in [6, 6.07) is 9.46. The highest BCUT2D eigenvalue weighted by atomic mass is 32.2. The largest absolute Gasteiger partial charge is 0.446 e. The van der Waals surface area contributed by atoms with E-state index in [4.69, 9.17) is 0 Å². The van der Waals surface area contributed by atoms with Crippen molar-refractivity contribution in [3.8, 4) is 11.3 Å². The molecule has 5 rings (SSSR count). The van der Waals surface area contributed by atoms with Crippen LogP contribution in [-0.2, 0) is 10.0 Å². The van der Waals surface area contributed by atoms with Crippen LogP contribution in [0.5, 0.6) is 0 Å². The number of hydrogen-bond donors (Lipinski definition) is 1. The van der Waals surface area contributed by atoms with Crippen molar-refractivity contribution in [3.63, 3.8) is 0 Å². The minimum Gasteiger partial charge on any atom is -0.367 e. The number of hydrogen-bond acceptors (Lipinski definition) is 8. The van der Waals surface area contributed by atoms with Crippen molar-refractivity contribution < 1.29 is 21.6 Å². The molecule has 1 fully saturated rings. The summed E-state index contributed by atoms with van der Waals surface area (Å²) in [6.07, 6.45) is 5.75. The number of alkyl halides is 3. The van der Waals surface area contributed by atoms with Gasteiger partial charge in [0.2, 0.25) is 10.0 Å². The maximum atomic E-state index is 13.3. The highest BCUT2D eigenvalue weighted by molar-refractivity contribution is 8.00. The fraction of sp³-hybridized carbons (Fsp3) is 0.360. The first kappa shape index (κ1) is 27.3. The van der Waals surface area contributed by atoms with Crippen LogP contribution in [0.2, 0.25) is 0 Å². The van der Waals surface area contributed by atoms with Crippen LogP contribution in [0.15, 0.2) is 64.8 Å². The third-order valence-corrected chi connectivity index (χ3v) is 9.02. The van der Waals surface area contributed by atoms with E-state index >= 15 is 0 Å². The van der Waals surface area contributed by atoms with E-state index in [0.29, 0.717) is 43.1 Å². The lowest BCUT2D eigenvalue weighted by Crippen LogP contribution is -2.42. The number of aromatic nitrogens is 5. The van der Waals surface area contributed by atoms with Crippen LogP contribution in [0, 0.1) is 0 Å². The van der Waals surface area contributed by atoms with E-state index in [-0.39, 0.29) is 33.5 Å². The molecular formula is C25H26F3N7O2S2. The Morgan fingerprint density at radius 1 is 1.00 bits per heavy atom. The molecule has 39 heavy (non-hydrogen) atoms. The number of pyridine rings is 1. The molecule has 0 radical (unpaired) electrons. The molecule has 0 spiro atoms.